The Bertz CT molecular complexity index is 310. The first-order valence-corrected chi connectivity index (χ1v) is 5.53. The number of likely N-dealkylation sites (N-methyl/N-ethyl adjacent to an activating group) is 1. The molecule has 0 aliphatic rings. The van der Waals surface area contributed by atoms with Gasteiger partial charge in [-0.05, 0) is 45.5 Å². The lowest BCUT2D eigenvalue weighted by atomic mass is 10.1. The van der Waals surface area contributed by atoms with E-state index >= 15 is 0 Å². The number of benzene rings is 1. The van der Waals surface area contributed by atoms with Gasteiger partial charge < -0.3 is 15.2 Å². The Hall–Kier alpha value is -1.06. The van der Waals surface area contributed by atoms with E-state index in [4.69, 9.17) is 9.84 Å². The van der Waals surface area contributed by atoms with Crippen LogP contribution in [0.4, 0.5) is 0 Å². The van der Waals surface area contributed by atoms with Gasteiger partial charge in [0.1, 0.15) is 11.4 Å². The summed E-state index contributed by atoms with van der Waals surface area (Å²) in [5.41, 5.74) is 0.882. The van der Waals surface area contributed by atoms with E-state index in [1.165, 1.54) is 0 Å². The minimum Gasteiger partial charge on any atom is -0.488 e. The van der Waals surface area contributed by atoms with Crippen LogP contribution in [0.2, 0.25) is 0 Å². The Kier molecular flexibility index (Phi) is 4.33. The number of aliphatic hydroxyl groups excluding tert-OH is 1. The molecule has 1 unspecified atom stereocenters. The van der Waals surface area contributed by atoms with Gasteiger partial charge >= 0.3 is 0 Å². The van der Waals surface area contributed by atoms with Crippen LogP contribution < -0.4 is 10.1 Å². The second-order valence-electron chi connectivity index (χ2n) is 4.81. The van der Waals surface area contributed by atoms with E-state index in [-0.39, 0.29) is 18.2 Å². The SMILES string of the molecule is CNC(CO)c1ccc(OC(C)(C)C)cc1. The van der Waals surface area contributed by atoms with Gasteiger partial charge in [0.25, 0.3) is 0 Å². The summed E-state index contributed by atoms with van der Waals surface area (Å²) in [6, 6.07) is 7.79. The summed E-state index contributed by atoms with van der Waals surface area (Å²) >= 11 is 0. The molecule has 0 heterocycles. The summed E-state index contributed by atoms with van der Waals surface area (Å²) in [5.74, 6) is 0.851. The lowest BCUT2D eigenvalue weighted by Gasteiger charge is -2.22. The van der Waals surface area contributed by atoms with Gasteiger partial charge in [0, 0.05) is 0 Å². The summed E-state index contributed by atoms with van der Waals surface area (Å²) in [6.07, 6.45) is 0. The van der Waals surface area contributed by atoms with Crippen LogP contribution >= 0.6 is 0 Å². The highest BCUT2D eigenvalue weighted by Crippen LogP contribution is 2.21. The van der Waals surface area contributed by atoms with E-state index in [2.05, 4.69) is 5.32 Å². The highest BCUT2D eigenvalue weighted by molar-refractivity contribution is 5.29. The van der Waals surface area contributed by atoms with Crippen LogP contribution in [0.1, 0.15) is 32.4 Å². The third-order valence-electron chi connectivity index (χ3n) is 2.24. The van der Waals surface area contributed by atoms with Crippen LogP contribution in [0.15, 0.2) is 24.3 Å². The van der Waals surface area contributed by atoms with Crippen molar-refractivity contribution >= 4 is 0 Å². The molecule has 0 fully saturated rings. The highest BCUT2D eigenvalue weighted by Gasteiger charge is 2.12. The van der Waals surface area contributed by atoms with Crippen molar-refractivity contribution in [1.82, 2.24) is 5.32 Å². The molecule has 1 atom stereocenters. The minimum absolute atomic E-state index is 0.0105. The van der Waals surface area contributed by atoms with Crippen molar-refractivity contribution in [2.24, 2.45) is 0 Å². The molecule has 3 nitrogen and oxygen atoms in total. The van der Waals surface area contributed by atoms with Crippen LogP contribution in [-0.4, -0.2) is 24.4 Å². The average molecular weight is 223 g/mol. The average Bonchev–Trinajstić information content (AvgIpc) is 2.20. The molecule has 90 valence electrons. The van der Waals surface area contributed by atoms with E-state index in [9.17, 15) is 0 Å². The molecular weight excluding hydrogens is 202 g/mol. The molecule has 0 saturated heterocycles. The zero-order valence-corrected chi connectivity index (χ0v) is 10.4. The standard InChI is InChI=1S/C13H21NO2/c1-13(2,3)16-11-7-5-10(6-8-11)12(9-15)14-4/h5-8,12,14-15H,9H2,1-4H3. The summed E-state index contributed by atoms with van der Waals surface area (Å²) in [5, 5.41) is 12.2. The van der Waals surface area contributed by atoms with E-state index in [1.807, 2.05) is 52.1 Å². The molecule has 2 N–H and O–H groups in total. The molecule has 0 bridgehead atoms. The first-order valence-electron chi connectivity index (χ1n) is 5.53. The van der Waals surface area contributed by atoms with Crippen molar-refractivity contribution in [2.75, 3.05) is 13.7 Å². The Morgan fingerprint density at radius 2 is 1.81 bits per heavy atom. The normalized spacial score (nSPS) is 13.6. The molecule has 16 heavy (non-hydrogen) atoms. The predicted molar refractivity (Wildman–Crippen MR) is 65.7 cm³/mol. The first kappa shape index (κ1) is 13.0. The predicted octanol–water partition coefficient (Wildman–Crippen LogP) is 2.12. The van der Waals surface area contributed by atoms with Gasteiger partial charge in [-0.2, -0.15) is 0 Å². The molecule has 0 spiro atoms. The van der Waals surface area contributed by atoms with Gasteiger partial charge in [0.05, 0.1) is 12.6 Å². The fourth-order valence-corrected chi connectivity index (χ4v) is 1.49. The summed E-state index contributed by atoms with van der Waals surface area (Å²) in [7, 11) is 1.83. The van der Waals surface area contributed by atoms with Crippen LogP contribution in [0.25, 0.3) is 0 Å². The van der Waals surface area contributed by atoms with E-state index in [1.54, 1.807) is 0 Å². The van der Waals surface area contributed by atoms with Gasteiger partial charge in [-0.25, -0.2) is 0 Å². The van der Waals surface area contributed by atoms with E-state index in [0.717, 1.165) is 11.3 Å². The zero-order valence-electron chi connectivity index (χ0n) is 10.4. The van der Waals surface area contributed by atoms with Crippen molar-refractivity contribution in [3.63, 3.8) is 0 Å². The molecule has 0 radical (unpaired) electrons. The van der Waals surface area contributed by atoms with Crippen molar-refractivity contribution in [2.45, 2.75) is 32.4 Å². The van der Waals surface area contributed by atoms with Gasteiger partial charge in [-0.1, -0.05) is 12.1 Å². The van der Waals surface area contributed by atoms with Crippen LogP contribution in [0.3, 0.4) is 0 Å². The summed E-state index contributed by atoms with van der Waals surface area (Å²) in [4.78, 5) is 0. The smallest absolute Gasteiger partial charge is 0.120 e. The minimum atomic E-state index is -0.180. The number of aliphatic hydroxyl groups is 1. The van der Waals surface area contributed by atoms with Gasteiger partial charge in [-0.3, -0.25) is 0 Å². The summed E-state index contributed by atoms with van der Waals surface area (Å²) in [6.45, 7) is 6.15. The molecule has 0 aliphatic carbocycles. The van der Waals surface area contributed by atoms with Crippen LogP contribution in [-0.2, 0) is 0 Å². The van der Waals surface area contributed by atoms with Gasteiger partial charge in [0.2, 0.25) is 0 Å². The second kappa shape index (κ2) is 5.32. The van der Waals surface area contributed by atoms with Crippen LogP contribution in [0.5, 0.6) is 5.75 Å². The molecule has 0 aromatic heterocycles. The van der Waals surface area contributed by atoms with Crippen molar-refractivity contribution < 1.29 is 9.84 Å². The number of hydrogen-bond acceptors (Lipinski definition) is 3. The largest absolute Gasteiger partial charge is 0.488 e. The molecule has 0 amide bonds. The number of hydrogen-bond donors (Lipinski definition) is 2. The number of ether oxygens (including phenoxy) is 1. The van der Waals surface area contributed by atoms with Crippen LogP contribution in [0, 0.1) is 0 Å². The second-order valence-corrected chi connectivity index (χ2v) is 4.81. The van der Waals surface area contributed by atoms with E-state index in [0.29, 0.717) is 0 Å². The van der Waals surface area contributed by atoms with Gasteiger partial charge in [0.15, 0.2) is 0 Å². The zero-order chi connectivity index (χ0) is 12.2. The Balaban J connectivity index is 2.75. The van der Waals surface area contributed by atoms with Gasteiger partial charge in [-0.15, -0.1) is 0 Å². The first-order chi connectivity index (χ1) is 7.46. The molecule has 1 aromatic rings. The van der Waals surface area contributed by atoms with Crippen molar-refractivity contribution in [1.29, 1.82) is 0 Å². The maximum atomic E-state index is 9.14. The lowest BCUT2D eigenvalue weighted by Crippen LogP contribution is -2.23. The highest BCUT2D eigenvalue weighted by atomic mass is 16.5. The molecule has 1 rings (SSSR count). The number of nitrogens with one attached hydrogen (secondary N) is 1. The third-order valence-corrected chi connectivity index (χ3v) is 2.24. The Labute approximate surface area is 97.4 Å². The fourth-order valence-electron chi connectivity index (χ4n) is 1.49. The van der Waals surface area contributed by atoms with Crippen molar-refractivity contribution in [3.8, 4) is 5.75 Å². The Morgan fingerprint density at radius 3 is 2.19 bits per heavy atom. The number of rotatable bonds is 4. The molecular formula is C13H21NO2. The maximum absolute atomic E-state index is 9.14. The maximum Gasteiger partial charge on any atom is 0.120 e. The van der Waals surface area contributed by atoms with E-state index < -0.39 is 0 Å². The fraction of sp³-hybridized carbons (Fsp3) is 0.538. The van der Waals surface area contributed by atoms with Crippen molar-refractivity contribution in [3.05, 3.63) is 29.8 Å². The molecule has 0 saturated carbocycles. The Morgan fingerprint density at radius 1 is 1.25 bits per heavy atom. The molecule has 3 heteroatoms. The molecule has 0 aliphatic heterocycles. The monoisotopic (exact) mass is 223 g/mol. The molecule has 1 aromatic carbocycles. The summed E-state index contributed by atoms with van der Waals surface area (Å²) < 4.78 is 5.72. The topological polar surface area (TPSA) is 41.5 Å². The lowest BCUT2D eigenvalue weighted by molar-refractivity contribution is 0.131. The third kappa shape index (κ3) is 3.83. The quantitative estimate of drug-likeness (QED) is 0.821.